The van der Waals surface area contributed by atoms with Gasteiger partial charge in [0.15, 0.2) is 0 Å². The van der Waals surface area contributed by atoms with Crippen LogP contribution in [0.15, 0.2) is 0 Å². The molecule has 3 heteroatoms. The third kappa shape index (κ3) is 7.44. The first-order chi connectivity index (χ1) is 3.06. The molecule has 0 amide bonds. The minimum Gasteiger partial charge on any atom is -0.0596 e. The zero-order valence-electron chi connectivity index (χ0n) is 3.63. The Labute approximate surface area is 69.4 Å². The summed E-state index contributed by atoms with van der Waals surface area (Å²) in [6.07, 6.45) is 2.74. The molecule has 0 saturated carbocycles. The number of rotatable bonds is 1. The fourth-order valence-electron chi connectivity index (χ4n) is 0.164. The molecule has 0 rings (SSSR count). The van der Waals surface area contributed by atoms with Gasteiger partial charge in [0.05, 0.1) is 0 Å². The second-order valence-corrected chi connectivity index (χ2v) is 7.98. The first kappa shape index (κ1) is 8.44. The van der Waals surface area contributed by atoms with Gasteiger partial charge in [-0.25, -0.2) is 0 Å². The monoisotopic (exact) mass is 290 g/mol. The zero-order chi connectivity index (χ0) is 5.91. The molecule has 0 atom stereocenters. The van der Waals surface area contributed by atoms with E-state index in [2.05, 4.69) is 54.7 Å². The predicted molar refractivity (Wildman–Crippen MR) is 43.8 cm³/mol. The van der Waals surface area contributed by atoms with Gasteiger partial charge >= 0.3 is 0 Å². The van der Waals surface area contributed by atoms with Crippen LogP contribution in [-0.4, -0.2) is 2.14 Å². The van der Waals surface area contributed by atoms with Gasteiger partial charge in [-0.15, -0.1) is 0 Å². The van der Waals surface area contributed by atoms with Gasteiger partial charge in [-0.3, -0.25) is 0 Å². The Balaban J connectivity index is 3.15. The summed E-state index contributed by atoms with van der Waals surface area (Å²) in [7, 11) is 0. The first-order valence-corrected chi connectivity index (χ1v) is 4.14. The van der Waals surface area contributed by atoms with Crippen LogP contribution in [0, 0.1) is 13.3 Å². The van der Waals surface area contributed by atoms with Crippen molar-refractivity contribution in [3.8, 4) is 0 Å². The Morgan fingerprint density at radius 2 is 1.86 bits per heavy atom. The van der Waals surface area contributed by atoms with Crippen LogP contribution in [0.5, 0.6) is 0 Å². The molecule has 2 radical (unpaired) electrons. The second kappa shape index (κ2) is 3.46. The molecule has 0 spiro atoms. The molecule has 0 aromatic carbocycles. The summed E-state index contributed by atoms with van der Waals surface area (Å²) in [6, 6.07) is 0. The van der Waals surface area contributed by atoms with Gasteiger partial charge in [0, 0.05) is 0 Å². The molecule has 7 heavy (non-hydrogen) atoms. The molecule has 0 bridgehead atoms. The molecule has 0 fully saturated rings. The Kier molecular flexibility index (Phi) is 4.17. The second-order valence-electron chi connectivity index (χ2n) is 1.03. The van der Waals surface area contributed by atoms with Gasteiger partial charge in [0.1, 0.15) is 2.14 Å². The highest BCUT2D eigenvalue weighted by Gasteiger charge is 2.14. The Bertz CT molecular complexity index is 45.4. The van der Waals surface area contributed by atoms with E-state index in [4.69, 9.17) is 0 Å². The van der Waals surface area contributed by atoms with E-state index >= 15 is 0 Å². The van der Waals surface area contributed by atoms with E-state index in [0.29, 0.717) is 0 Å². The summed E-state index contributed by atoms with van der Waals surface area (Å²) < 4.78 is -0.200. The lowest BCUT2D eigenvalue weighted by Gasteiger charge is -2.07. The fourth-order valence-corrected chi connectivity index (χ4v) is 0.850. The molecule has 0 N–H and O–H groups in total. The van der Waals surface area contributed by atoms with Crippen molar-refractivity contribution in [1.29, 1.82) is 0 Å². The van der Waals surface area contributed by atoms with Gasteiger partial charge < -0.3 is 0 Å². The summed E-state index contributed by atoms with van der Waals surface area (Å²) in [5.41, 5.74) is 0. The minimum atomic E-state index is -0.200. The van der Waals surface area contributed by atoms with Gasteiger partial charge in [-0.2, -0.15) is 0 Å². The lowest BCUT2D eigenvalue weighted by Crippen LogP contribution is -1.97. The summed E-state index contributed by atoms with van der Waals surface area (Å²) in [5, 5.41) is 0. The molecule has 0 unspecified atom stereocenters. The largest absolute Gasteiger partial charge is 0.138 e. The van der Waals surface area contributed by atoms with Crippen LogP contribution in [0.4, 0.5) is 0 Å². The van der Waals surface area contributed by atoms with Crippen LogP contribution < -0.4 is 0 Å². The van der Waals surface area contributed by atoms with Gasteiger partial charge in [0.25, 0.3) is 0 Å². The van der Waals surface area contributed by atoms with E-state index < -0.39 is 0 Å². The van der Waals surface area contributed by atoms with E-state index in [1.54, 1.807) is 0 Å². The normalized spacial score (nSPS) is 12.0. The first-order valence-electron chi connectivity index (χ1n) is 1.76. The molecule has 0 heterocycles. The van der Waals surface area contributed by atoms with Crippen LogP contribution >= 0.6 is 47.8 Å². The molecule has 0 aromatic heterocycles. The summed E-state index contributed by atoms with van der Waals surface area (Å²) >= 11 is 9.83. The van der Waals surface area contributed by atoms with Crippen molar-refractivity contribution in [2.45, 2.75) is 8.56 Å². The van der Waals surface area contributed by atoms with E-state index in [-0.39, 0.29) is 2.14 Å². The Morgan fingerprint density at radius 3 is 1.86 bits per heavy atom. The summed E-state index contributed by atoms with van der Waals surface area (Å²) in [5.74, 6) is 0. The fraction of sp³-hybridized carbons (Fsp3) is 0.500. The van der Waals surface area contributed by atoms with Crippen molar-refractivity contribution >= 4 is 47.8 Å². The highest BCUT2D eigenvalue weighted by molar-refractivity contribution is 9.39. The lowest BCUT2D eigenvalue weighted by atomic mass is 10.4. The maximum atomic E-state index is 3.63. The van der Waals surface area contributed by atoms with Crippen molar-refractivity contribution in [3.63, 3.8) is 0 Å². The zero-order valence-corrected chi connectivity index (χ0v) is 8.38. The highest BCUT2D eigenvalue weighted by atomic mass is 80.0. The summed E-state index contributed by atoms with van der Waals surface area (Å²) in [4.78, 5) is 0. The SMILES string of the molecule is [CH2]C[CH]C(Br)(Br)Br. The molecule has 0 aliphatic rings. The maximum Gasteiger partial charge on any atom is 0.138 e. The number of alkyl halides is 3. The van der Waals surface area contributed by atoms with Crippen molar-refractivity contribution < 1.29 is 0 Å². The van der Waals surface area contributed by atoms with Crippen molar-refractivity contribution in [2.24, 2.45) is 0 Å². The van der Waals surface area contributed by atoms with Crippen LogP contribution in [0.3, 0.4) is 0 Å². The molecular weight excluding hydrogens is 288 g/mol. The standard InChI is InChI=1S/C4H5Br3/c1-2-3-4(5,6)7/h3H,1-2H2. The average Bonchev–Trinajstić information content (AvgIpc) is 1.30. The van der Waals surface area contributed by atoms with E-state index in [0.717, 1.165) is 6.42 Å². The molecule has 0 saturated heterocycles. The topological polar surface area (TPSA) is 0 Å². The molecule has 0 nitrogen and oxygen atoms in total. The Hall–Kier alpha value is 1.44. The number of hydrogen-bond acceptors (Lipinski definition) is 0. The smallest absolute Gasteiger partial charge is 0.0596 e. The van der Waals surface area contributed by atoms with Gasteiger partial charge in [-0.1, -0.05) is 54.7 Å². The predicted octanol–water partition coefficient (Wildman–Crippen LogP) is 3.25. The van der Waals surface area contributed by atoms with Crippen LogP contribution in [0.2, 0.25) is 0 Å². The molecular formula is C4H5Br3. The molecule has 42 valence electrons. The van der Waals surface area contributed by atoms with E-state index in [9.17, 15) is 0 Å². The minimum absolute atomic E-state index is 0.200. The summed E-state index contributed by atoms with van der Waals surface area (Å²) in [6.45, 7) is 3.63. The van der Waals surface area contributed by atoms with E-state index in [1.165, 1.54) is 0 Å². The number of halogens is 3. The maximum absolute atomic E-state index is 3.63. The number of hydrogen-bond donors (Lipinski definition) is 0. The van der Waals surface area contributed by atoms with Crippen LogP contribution in [0.1, 0.15) is 6.42 Å². The Morgan fingerprint density at radius 1 is 1.43 bits per heavy atom. The molecule has 0 aliphatic carbocycles. The van der Waals surface area contributed by atoms with Crippen molar-refractivity contribution in [3.05, 3.63) is 13.3 Å². The third-order valence-electron chi connectivity index (χ3n) is 0.376. The molecule has 0 aliphatic heterocycles. The van der Waals surface area contributed by atoms with Crippen LogP contribution in [0.25, 0.3) is 0 Å². The molecule has 0 aromatic rings. The van der Waals surface area contributed by atoms with Crippen LogP contribution in [-0.2, 0) is 0 Å². The average molecular weight is 293 g/mol. The van der Waals surface area contributed by atoms with Crippen molar-refractivity contribution in [2.75, 3.05) is 0 Å². The third-order valence-corrected chi connectivity index (χ3v) is 1.35. The van der Waals surface area contributed by atoms with Gasteiger partial charge in [-0.05, 0) is 12.8 Å². The van der Waals surface area contributed by atoms with Crippen molar-refractivity contribution in [1.82, 2.24) is 0 Å². The lowest BCUT2D eigenvalue weighted by molar-refractivity contribution is 1.18. The van der Waals surface area contributed by atoms with Gasteiger partial charge in [0.2, 0.25) is 0 Å². The quantitative estimate of drug-likeness (QED) is 0.651. The highest BCUT2D eigenvalue weighted by Crippen LogP contribution is 2.36. The van der Waals surface area contributed by atoms with E-state index in [1.807, 2.05) is 6.42 Å².